The van der Waals surface area contributed by atoms with E-state index in [9.17, 15) is 14.4 Å². The normalized spacial score (nSPS) is 12.6. The summed E-state index contributed by atoms with van der Waals surface area (Å²) in [6.45, 7) is 6.48. The molecule has 0 spiro atoms. The third-order valence-electron chi connectivity index (χ3n) is 15.6. The number of carbonyl (C=O) groups is 3. The predicted octanol–water partition coefficient (Wildman–Crippen LogP) is 24.6. The van der Waals surface area contributed by atoms with Crippen LogP contribution in [0.5, 0.6) is 0 Å². The summed E-state index contributed by atoms with van der Waals surface area (Å²) in [4.78, 5) is 38.3. The molecule has 0 saturated carbocycles. The van der Waals surface area contributed by atoms with Crippen molar-refractivity contribution in [1.29, 1.82) is 0 Å². The van der Waals surface area contributed by atoms with E-state index in [0.717, 1.165) is 77.0 Å². The van der Waals surface area contributed by atoms with Crippen molar-refractivity contribution in [3.63, 3.8) is 0 Å². The Morgan fingerprint density at radius 3 is 0.841 bits per heavy atom. The highest BCUT2D eigenvalue weighted by atomic mass is 16.6. The second-order valence-electron chi connectivity index (χ2n) is 23.8. The van der Waals surface area contributed by atoms with Crippen molar-refractivity contribution in [2.24, 2.45) is 0 Å². The Morgan fingerprint density at radius 1 is 0.256 bits per heavy atom. The van der Waals surface area contributed by atoms with Gasteiger partial charge < -0.3 is 14.2 Å². The number of allylic oxidation sites excluding steroid dienone is 14. The van der Waals surface area contributed by atoms with Crippen LogP contribution in [0.1, 0.15) is 361 Å². The van der Waals surface area contributed by atoms with Gasteiger partial charge in [-0.25, -0.2) is 0 Å². The van der Waals surface area contributed by atoms with E-state index in [4.69, 9.17) is 14.2 Å². The molecule has 0 saturated heterocycles. The molecule has 82 heavy (non-hydrogen) atoms. The molecule has 0 aromatic rings. The molecule has 0 aliphatic carbocycles. The molecule has 1 atom stereocenters. The summed E-state index contributed by atoms with van der Waals surface area (Å²) in [5.41, 5.74) is 0. The Morgan fingerprint density at radius 2 is 0.500 bits per heavy atom. The number of hydrogen-bond donors (Lipinski definition) is 0. The summed E-state index contributed by atoms with van der Waals surface area (Å²) >= 11 is 0. The highest BCUT2D eigenvalue weighted by molar-refractivity contribution is 5.71. The van der Waals surface area contributed by atoms with Crippen LogP contribution in [0.2, 0.25) is 0 Å². The van der Waals surface area contributed by atoms with Gasteiger partial charge in [0, 0.05) is 19.3 Å². The van der Waals surface area contributed by atoms with Crippen molar-refractivity contribution in [2.75, 3.05) is 13.2 Å². The molecule has 0 aromatic carbocycles. The Kier molecular flexibility index (Phi) is 67.2. The smallest absolute Gasteiger partial charge is 0.306 e. The van der Waals surface area contributed by atoms with E-state index in [2.05, 4.69) is 99.8 Å². The number of esters is 3. The minimum atomic E-state index is -0.810. The molecule has 0 heterocycles. The number of unbranched alkanes of at least 4 members (excludes halogenated alkanes) is 40. The predicted molar refractivity (Wildman–Crippen MR) is 358 cm³/mol. The van der Waals surface area contributed by atoms with E-state index in [1.54, 1.807) is 0 Å². The van der Waals surface area contributed by atoms with Gasteiger partial charge in [0.05, 0.1) is 0 Å². The zero-order valence-electron chi connectivity index (χ0n) is 54.5. The van der Waals surface area contributed by atoms with Crippen LogP contribution < -0.4 is 0 Å². The maximum atomic E-state index is 12.9. The molecule has 0 amide bonds. The maximum Gasteiger partial charge on any atom is 0.306 e. The lowest BCUT2D eigenvalue weighted by Crippen LogP contribution is -2.30. The van der Waals surface area contributed by atoms with E-state index >= 15 is 0 Å². The SMILES string of the molecule is CC/C=C\C/C=C\C/C=C\C/C=C\CCC(=O)OCC(COC(=O)CCCCCCCCCCCCCCCCCCCCCCC/C=C\CCCCCCCCCC)OC(=O)CCCCCCCCC/C=C\C/C=C\CCCCCC. The van der Waals surface area contributed by atoms with Crippen LogP contribution in [0, 0.1) is 0 Å². The van der Waals surface area contributed by atoms with Gasteiger partial charge in [-0.05, 0) is 103 Å². The molecule has 0 aliphatic rings. The second-order valence-corrected chi connectivity index (χ2v) is 23.8. The molecular formula is C76H134O6. The maximum absolute atomic E-state index is 12.9. The molecule has 0 fully saturated rings. The number of ether oxygens (including phenoxy) is 3. The fourth-order valence-electron chi connectivity index (χ4n) is 10.3. The topological polar surface area (TPSA) is 78.9 Å². The van der Waals surface area contributed by atoms with Crippen molar-refractivity contribution in [2.45, 2.75) is 367 Å². The standard InChI is InChI=1S/C76H134O6/c1-4-7-10-13-16-19-22-25-27-29-31-32-33-34-35-36-37-38-39-40-41-42-43-44-45-47-48-51-54-57-60-63-66-69-75(78)81-72-73(71-80-74(77)68-65-62-59-56-53-50-24-21-18-15-12-9-6-3)82-76(79)70-67-64-61-58-55-52-49-46-30-28-26-23-20-17-14-11-8-5-2/h9,12,18,20-21,23,28-31,50,53,59,62,73H,4-8,10-11,13-17,19,22,24-27,32-49,51-52,54-58,60-61,63-72H2,1-3H3/b12-9-,21-18-,23-20-,30-28-,31-29-,53-50-,62-59-. The molecule has 0 N–H and O–H groups in total. The second kappa shape index (κ2) is 70.1. The molecule has 0 aliphatic heterocycles. The summed E-state index contributed by atoms with van der Waals surface area (Å²) in [6.07, 6.45) is 93.7. The average molecular weight is 1140 g/mol. The van der Waals surface area contributed by atoms with E-state index in [1.807, 2.05) is 6.08 Å². The highest BCUT2D eigenvalue weighted by Gasteiger charge is 2.19. The van der Waals surface area contributed by atoms with Crippen LogP contribution in [0.3, 0.4) is 0 Å². The van der Waals surface area contributed by atoms with Gasteiger partial charge in [-0.15, -0.1) is 0 Å². The molecule has 474 valence electrons. The number of carbonyl (C=O) groups excluding carboxylic acids is 3. The van der Waals surface area contributed by atoms with E-state index in [0.29, 0.717) is 19.3 Å². The summed E-state index contributed by atoms with van der Waals surface area (Å²) in [6, 6.07) is 0. The van der Waals surface area contributed by atoms with Gasteiger partial charge in [0.2, 0.25) is 0 Å². The van der Waals surface area contributed by atoms with Gasteiger partial charge in [-0.1, -0.05) is 324 Å². The number of hydrogen-bond acceptors (Lipinski definition) is 6. The number of rotatable bonds is 65. The highest BCUT2D eigenvalue weighted by Crippen LogP contribution is 2.18. The van der Waals surface area contributed by atoms with E-state index < -0.39 is 6.10 Å². The minimum Gasteiger partial charge on any atom is -0.462 e. The molecule has 6 heteroatoms. The lowest BCUT2D eigenvalue weighted by Gasteiger charge is -2.18. The van der Waals surface area contributed by atoms with Crippen LogP contribution in [0.25, 0.3) is 0 Å². The summed E-state index contributed by atoms with van der Waals surface area (Å²) < 4.78 is 16.9. The third-order valence-corrected chi connectivity index (χ3v) is 15.6. The summed E-state index contributed by atoms with van der Waals surface area (Å²) in [5, 5.41) is 0. The first kappa shape index (κ1) is 78.6. The van der Waals surface area contributed by atoms with Crippen molar-refractivity contribution in [3.05, 3.63) is 85.1 Å². The van der Waals surface area contributed by atoms with Gasteiger partial charge >= 0.3 is 17.9 Å². The molecule has 1 unspecified atom stereocenters. The van der Waals surface area contributed by atoms with Crippen LogP contribution in [0.4, 0.5) is 0 Å². The lowest BCUT2D eigenvalue weighted by molar-refractivity contribution is -0.166. The Hall–Kier alpha value is -3.41. The van der Waals surface area contributed by atoms with E-state index in [1.165, 1.54) is 238 Å². The zero-order chi connectivity index (χ0) is 59.2. The quantitative estimate of drug-likeness (QED) is 0.0261. The monoisotopic (exact) mass is 1140 g/mol. The summed E-state index contributed by atoms with van der Waals surface area (Å²) in [5.74, 6) is -0.977. The molecule has 0 bridgehead atoms. The molecule has 6 nitrogen and oxygen atoms in total. The fraction of sp³-hybridized carbons (Fsp3) is 0.776. The van der Waals surface area contributed by atoms with Crippen LogP contribution in [-0.4, -0.2) is 37.2 Å². The lowest BCUT2D eigenvalue weighted by atomic mass is 10.0. The minimum absolute atomic E-state index is 0.0992. The van der Waals surface area contributed by atoms with Gasteiger partial charge in [0.25, 0.3) is 0 Å². The Labute approximate surface area is 509 Å². The van der Waals surface area contributed by atoms with Gasteiger partial charge in [-0.3, -0.25) is 14.4 Å². The van der Waals surface area contributed by atoms with Crippen LogP contribution >= 0.6 is 0 Å². The first-order valence-electron chi connectivity index (χ1n) is 35.6. The molecular weight excluding hydrogens is 1010 g/mol. The van der Waals surface area contributed by atoms with Crippen molar-refractivity contribution in [3.8, 4) is 0 Å². The first-order chi connectivity index (χ1) is 40.5. The zero-order valence-corrected chi connectivity index (χ0v) is 54.5. The average Bonchev–Trinajstić information content (AvgIpc) is 3.47. The Bertz CT molecular complexity index is 1550. The Balaban J connectivity index is 4.17. The van der Waals surface area contributed by atoms with Crippen LogP contribution in [-0.2, 0) is 28.6 Å². The third kappa shape index (κ3) is 67.4. The largest absolute Gasteiger partial charge is 0.462 e. The molecule has 0 aromatic heterocycles. The van der Waals surface area contributed by atoms with Crippen molar-refractivity contribution in [1.82, 2.24) is 0 Å². The van der Waals surface area contributed by atoms with E-state index in [-0.39, 0.29) is 37.5 Å². The van der Waals surface area contributed by atoms with Gasteiger partial charge in [0.1, 0.15) is 13.2 Å². The van der Waals surface area contributed by atoms with Crippen molar-refractivity contribution >= 4 is 17.9 Å². The first-order valence-corrected chi connectivity index (χ1v) is 35.6. The van der Waals surface area contributed by atoms with Crippen molar-refractivity contribution < 1.29 is 28.6 Å². The summed E-state index contributed by atoms with van der Waals surface area (Å²) in [7, 11) is 0. The molecule has 0 rings (SSSR count). The van der Waals surface area contributed by atoms with Crippen LogP contribution in [0.15, 0.2) is 85.1 Å². The van der Waals surface area contributed by atoms with Gasteiger partial charge in [-0.2, -0.15) is 0 Å². The fourth-order valence-corrected chi connectivity index (χ4v) is 10.3. The molecule has 0 radical (unpaired) electrons. The van der Waals surface area contributed by atoms with Gasteiger partial charge in [0.15, 0.2) is 6.10 Å².